The topological polar surface area (TPSA) is 133 Å². The zero-order valence-corrected chi connectivity index (χ0v) is 21.8. The van der Waals surface area contributed by atoms with Crippen molar-refractivity contribution in [2.24, 2.45) is 5.73 Å². The maximum Gasteiger partial charge on any atom is 0.410 e. The fraction of sp³-hybridized carbons (Fsp3) is 0.500. The Balaban J connectivity index is 1.13. The molecule has 11 nitrogen and oxygen atoms in total. The van der Waals surface area contributed by atoms with Gasteiger partial charge in [-0.2, -0.15) is 4.98 Å². The molecule has 39 heavy (non-hydrogen) atoms. The highest BCUT2D eigenvalue weighted by Crippen LogP contribution is 2.31. The molecule has 1 aromatic carbocycles. The molecule has 0 radical (unpaired) electrons. The first kappa shape index (κ1) is 26.9. The smallest absolute Gasteiger partial charge is 0.410 e. The minimum absolute atomic E-state index is 0.0230. The fourth-order valence-corrected chi connectivity index (χ4v) is 4.82. The van der Waals surface area contributed by atoms with Gasteiger partial charge >= 0.3 is 6.09 Å². The Kier molecular flexibility index (Phi) is 7.98. The van der Waals surface area contributed by atoms with Gasteiger partial charge in [0.1, 0.15) is 18.2 Å². The van der Waals surface area contributed by atoms with Gasteiger partial charge in [-0.3, -0.25) is 0 Å². The summed E-state index contributed by atoms with van der Waals surface area (Å²) in [4.78, 5) is 28.8. The zero-order valence-electron chi connectivity index (χ0n) is 21.8. The molecule has 0 bridgehead atoms. The molecule has 4 heterocycles. The van der Waals surface area contributed by atoms with Crippen LogP contribution < -0.4 is 10.6 Å². The van der Waals surface area contributed by atoms with Gasteiger partial charge < -0.3 is 29.5 Å². The van der Waals surface area contributed by atoms with Crippen LogP contribution in [-0.4, -0.2) is 75.5 Å². The molecular weight excluding hydrogens is 512 g/mol. The largest absolute Gasteiger partial charge is 0.447 e. The van der Waals surface area contributed by atoms with Crippen molar-refractivity contribution < 1.29 is 27.6 Å². The predicted molar refractivity (Wildman–Crippen MR) is 136 cm³/mol. The van der Waals surface area contributed by atoms with Crippen molar-refractivity contribution in [1.82, 2.24) is 25.0 Å². The number of piperidine rings is 1. The molecule has 0 spiro atoms. The van der Waals surface area contributed by atoms with Crippen molar-refractivity contribution in [3.05, 3.63) is 53.7 Å². The van der Waals surface area contributed by atoms with Gasteiger partial charge in [0, 0.05) is 56.6 Å². The van der Waals surface area contributed by atoms with Crippen molar-refractivity contribution >= 4 is 12.0 Å². The van der Waals surface area contributed by atoms with E-state index in [1.165, 1.54) is 12.1 Å². The first-order chi connectivity index (χ1) is 18.8. The Bertz CT molecular complexity index is 1280. The van der Waals surface area contributed by atoms with Crippen molar-refractivity contribution in [3.63, 3.8) is 0 Å². The standard InChI is InChI=1S/C26H31F2N7O4/c1-15(2)38-26(36)34-7-5-18(6-8-34)37-14-23-32-24(33-39-23)16-10-30-25(31-11-16)35-12-20(22(29)13-35)19-4-3-17(27)9-21(19)28/h3-4,9-11,15,18,20,22H,5-8,12-14,29H2,1-2H3. The van der Waals surface area contributed by atoms with Crippen molar-refractivity contribution in [1.29, 1.82) is 0 Å². The Hall–Kier alpha value is -3.71. The third-order valence-corrected chi connectivity index (χ3v) is 6.85. The van der Waals surface area contributed by atoms with Crippen LogP contribution in [0.15, 0.2) is 35.1 Å². The fourth-order valence-electron chi connectivity index (χ4n) is 4.82. The van der Waals surface area contributed by atoms with E-state index >= 15 is 0 Å². The summed E-state index contributed by atoms with van der Waals surface area (Å²) in [5.41, 5.74) is 7.21. The van der Waals surface area contributed by atoms with E-state index in [-0.39, 0.29) is 36.9 Å². The number of benzene rings is 1. The number of rotatable bonds is 7. The number of halogens is 2. The summed E-state index contributed by atoms with van der Waals surface area (Å²) in [6.07, 6.45) is 4.08. The molecule has 3 aromatic rings. The lowest BCUT2D eigenvalue weighted by Crippen LogP contribution is -2.41. The molecule has 208 valence electrons. The van der Waals surface area contributed by atoms with Gasteiger partial charge in [0.15, 0.2) is 0 Å². The van der Waals surface area contributed by atoms with Crippen LogP contribution >= 0.6 is 0 Å². The second kappa shape index (κ2) is 11.6. The summed E-state index contributed by atoms with van der Waals surface area (Å²) < 4.78 is 44.1. The number of likely N-dealkylation sites (tertiary alicyclic amines) is 1. The average Bonchev–Trinajstić information content (AvgIpc) is 3.54. The van der Waals surface area contributed by atoms with E-state index in [0.717, 1.165) is 6.07 Å². The van der Waals surface area contributed by atoms with Gasteiger partial charge in [0.2, 0.25) is 11.8 Å². The molecule has 2 fully saturated rings. The van der Waals surface area contributed by atoms with E-state index in [1.54, 1.807) is 17.3 Å². The van der Waals surface area contributed by atoms with Crippen LogP contribution in [0.2, 0.25) is 0 Å². The summed E-state index contributed by atoms with van der Waals surface area (Å²) in [5.74, 6) is -0.450. The lowest BCUT2D eigenvalue weighted by atomic mass is 9.94. The number of carbonyl (C=O) groups excluding carboxylic acids is 1. The van der Waals surface area contributed by atoms with Crippen molar-refractivity contribution in [2.45, 2.75) is 57.5 Å². The third kappa shape index (κ3) is 6.31. The summed E-state index contributed by atoms with van der Waals surface area (Å²) in [5, 5.41) is 4.00. The van der Waals surface area contributed by atoms with Crippen molar-refractivity contribution in [3.8, 4) is 11.4 Å². The first-order valence-electron chi connectivity index (χ1n) is 12.9. The molecule has 0 saturated carbocycles. The van der Waals surface area contributed by atoms with Crippen LogP contribution in [0.4, 0.5) is 19.5 Å². The molecular formula is C26H31F2N7O4. The molecule has 2 aromatic heterocycles. The number of anilines is 1. The summed E-state index contributed by atoms with van der Waals surface area (Å²) in [6, 6.07) is 3.19. The van der Waals surface area contributed by atoms with E-state index in [4.69, 9.17) is 19.7 Å². The monoisotopic (exact) mass is 543 g/mol. The molecule has 2 saturated heterocycles. The van der Waals surface area contributed by atoms with Crippen LogP contribution in [0.5, 0.6) is 0 Å². The maximum absolute atomic E-state index is 14.3. The molecule has 2 N–H and O–H groups in total. The van der Waals surface area contributed by atoms with Gasteiger partial charge in [-0.15, -0.1) is 0 Å². The molecule has 0 aliphatic carbocycles. The number of hydrogen-bond acceptors (Lipinski definition) is 10. The summed E-state index contributed by atoms with van der Waals surface area (Å²) >= 11 is 0. The molecule has 2 aliphatic rings. The summed E-state index contributed by atoms with van der Waals surface area (Å²) in [7, 11) is 0. The average molecular weight is 544 g/mol. The lowest BCUT2D eigenvalue weighted by molar-refractivity contribution is -0.0147. The minimum Gasteiger partial charge on any atom is -0.447 e. The number of aromatic nitrogens is 4. The molecule has 2 unspecified atom stereocenters. The number of nitrogens with zero attached hydrogens (tertiary/aromatic N) is 6. The minimum atomic E-state index is -0.624. The Morgan fingerprint density at radius 1 is 1.18 bits per heavy atom. The number of hydrogen-bond donors (Lipinski definition) is 1. The highest BCUT2D eigenvalue weighted by Gasteiger charge is 2.34. The molecule has 2 aliphatic heterocycles. The van der Waals surface area contributed by atoms with Crippen LogP contribution in [-0.2, 0) is 16.1 Å². The Morgan fingerprint density at radius 3 is 2.62 bits per heavy atom. The zero-order chi connectivity index (χ0) is 27.5. The van der Waals surface area contributed by atoms with E-state index < -0.39 is 11.6 Å². The van der Waals surface area contributed by atoms with Gasteiger partial charge in [-0.1, -0.05) is 11.2 Å². The van der Waals surface area contributed by atoms with Gasteiger partial charge in [-0.05, 0) is 38.3 Å². The van der Waals surface area contributed by atoms with Gasteiger partial charge in [0.25, 0.3) is 5.89 Å². The Labute approximate surface area is 224 Å². The SMILES string of the molecule is CC(C)OC(=O)N1CCC(OCc2nc(-c3cnc(N4CC(N)C(c5ccc(F)cc5F)C4)nc3)no2)CC1. The highest BCUT2D eigenvalue weighted by molar-refractivity contribution is 5.67. The normalized spacial score (nSPS) is 20.2. The van der Waals surface area contributed by atoms with E-state index in [9.17, 15) is 13.6 Å². The molecule has 5 rings (SSSR count). The number of amides is 1. The predicted octanol–water partition coefficient (Wildman–Crippen LogP) is 3.26. The molecule has 1 amide bonds. The van der Waals surface area contributed by atoms with E-state index in [2.05, 4.69) is 20.1 Å². The quantitative estimate of drug-likeness (QED) is 0.473. The number of ether oxygens (including phenoxy) is 2. The van der Waals surface area contributed by atoms with Crippen molar-refractivity contribution in [2.75, 3.05) is 31.1 Å². The van der Waals surface area contributed by atoms with Crippen LogP contribution in [0.1, 0.15) is 44.1 Å². The first-order valence-corrected chi connectivity index (χ1v) is 12.9. The number of carbonyl (C=O) groups is 1. The van der Waals surface area contributed by atoms with E-state index in [0.29, 0.717) is 67.8 Å². The van der Waals surface area contributed by atoms with Crippen LogP contribution in [0.3, 0.4) is 0 Å². The van der Waals surface area contributed by atoms with Gasteiger partial charge in [0.05, 0.1) is 17.8 Å². The second-order valence-electron chi connectivity index (χ2n) is 10.1. The molecule has 2 atom stereocenters. The highest BCUT2D eigenvalue weighted by atomic mass is 19.1. The van der Waals surface area contributed by atoms with Gasteiger partial charge in [-0.25, -0.2) is 23.5 Å². The number of nitrogens with two attached hydrogens (primary N) is 1. The molecule has 13 heteroatoms. The van der Waals surface area contributed by atoms with Crippen LogP contribution in [0, 0.1) is 11.6 Å². The Morgan fingerprint density at radius 2 is 1.92 bits per heavy atom. The summed E-state index contributed by atoms with van der Waals surface area (Å²) in [6.45, 7) is 5.78. The third-order valence-electron chi connectivity index (χ3n) is 6.85. The maximum atomic E-state index is 14.3. The van der Waals surface area contributed by atoms with Crippen LogP contribution in [0.25, 0.3) is 11.4 Å². The second-order valence-corrected chi connectivity index (χ2v) is 10.1. The lowest BCUT2D eigenvalue weighted by Gasteiger charge is -2.31. The van der Waals surface area contributed by atoms with E-state index in [1.807, 2.05) is 18.7 Å².